The molecule has 1 aromatic heterocycles. The third-order valence-corrected chi connectivity index (χ3v) is 11.4. The fourth-order valence-corrected chi connectivity index (χ4v) is 7.67. The SMILES string of the molecule is CSCCC(NC(=O)C(Cc1c[nH]c2ccccc12)NC(=O)CNC(=O)C(NC(=O)C(N)Cc1ccc(OS(=O)(=O)O)cc1)C(C)O)C(=O)NC(CC(=O)O)C(=O)NC(Cc1ccccc1)C(N)=O. The van der Waals surface area contributed by atoms with Crippen LogP contribution in [0.2, 0.25) is 0 Å². The van der Waals surface area contributed by atoms with Crippen molar-refractivity contribution in [1.29, 1.82) is 0 Å². The van der Waals surface area contributed by atoms with E-state index in [2.05, 4.69) is 41.1 Å². The molecule has 0 saturated carbocycles. The highest BCUT2D eigenvalue weighted by atomic mass is 32.3. The van der Waals surface area contributed by atoms with Crippen molar-refractivity contribution in [2.75, 3.05) is 18.6 Å². The van der Waals surface area contributed by atoms with E-state index in [1.807, 2.05) is 0 Å². The van der Waals surface area contributed by atoms with Gasteiger partial charge in [-0.15, -0.1) is 0 Å². The van der Waals surface area contributed by atoms with Crippen LogP contribution in [0.3, 0.4) is 0 Å². The molecule has 3 aromatic carbocycles. The Labute approximate surface area is 400 Å². The molecule has 0 radical (unpaired) electrons. The number of carbonyl (C=O) groups is 8. The second-order valence-electron chi connectivity index (χ2n) is 15.7. The number of nitrogens with two attached hydrogens (primary N) is 2. The molecule has 7 atom stereocenters. The van der Waals surface area contributed by atoms with Crippen LogP contribution in [0.5, 0.6) is 5.75 Å². The lowest BCUT2D eigenvalue weighted by Crippen LogP contribution is -2.59. The number of fused-ring (bicyclic) bond motifs is 1. The lowest BCUT2D eigenvalue weighted by atomic mass is 10.0. The average molecular weight is 998 g/mol. The number of carbonyl (C=O) groups excluding carboxylic acids is 7. The number of aliphatic hydroxyl groups excluding tert-OH is 1. The number of aliphatic carboxylic acids is 1. The molecule has 1 heterocycles. The molecule has 0 aliphatic heterocycles. The van der Waals surface area contributed by atoms with E-state index in [-0.39, 0.29) is 31.4 Å². The molecule has 0 spiro atoms. The van der Waals surface area contributed by atoms with Crippen molar-refractivity contribution in [3.8, 4) is 5.75 Å². The molecule has 69 heavy (non-hydrogen) atoms. The highest BCUT2D eigenvalue weighted by molar-refractivity contribution is 7.98. The third kappa shape index (κ3) is 17.8. The number of aromatic amines is 1. The number of carboxylic acid groups (broad SMARTS) is 1. The predicted octanol–water partition coefficient (Wildman–Crippen LogP) is -1.66. The molecule has 4 rings (SSSR count). The van der Waals surface area contributed by atoms with Gasteiger partial charge in [0.1, 0.15) is 36.0 Å². The first-order valence-corrected chi connectivity index (χ1v) is 24.0. The number of nitrogens with one attached hydrogen (secondary N) is 7. The number of aromatic nitrogens is 1. The van der Waals surface area contributed by atoms with Crippen LogP contribution >= 0.6 is 11.8 Å². The maximum atomic E-state index is 14.2. The average Bonchev–Trinajstić information content (AvgIpc) is 3.70. The fourth-order valence-electron chi connectivity index (χ4n) is 6.85. The Hall–Kier alpha value is -7.06. The maximum absolute atomic E-state index is 14.2. The van der Waals surface area contributed by atoms with E-state index in [1.54, 1.807) is 67.0 Å². The number of hydrogen-bond donors (Lipinski definition) is 12. The van der Waals surface area contributed by atoms with Gasteiger partial charge in [-0.05, 0) is 66.7 Å². The summed E-state index contributed by atoms with van der Waals surface area (Å²) < 4.78 is 35.1. The summed E-state index contributed by atoms with van der Waals surface area (Å²) in [6.07, 6.45) is 0.665. The van der Waals surface area contributed by atoms with E-state index in [4.69, 9.17) is 16.0 Å². The topological polar surface area (TPSA) is 381 Å². The molecular weight excluding hydrogens is 943 g/mol. The molecule has 14 N–H and O–H groups in total. The predicted molar refractivity (Wildman–Crippen MR) is 251 cm³/mol. The molecule has 23 nitrogen and oxygen atoms in total. The number of para-hydroxylation sites is 1. The molecular formula is C44H55N9O14S2. The number of H-pyrrole nitrogens is 1. The van der Waals surface area contributed by atoms with Crippen molar-refractivity contribution < 1.29 is 65.7 Å². The molecule has 25 heteroatoms. The number of aliphatic hydroxyl groups is 1. The van der Waals surface area contributed by atoms with Gasteiger partial charge in [-0.2, -0.15) is 20.2 Å². The normalized spacial score (nSPS) is 14.3. The van der Waals surface area contributed by atoms with Crippen LogP contribution in [-0.2, 0) is 68.0 Å². The zero-order valence-corrected chi connectivity index (χ0v) is 39.0. The van der Waals surface area contributed by atoms with Gasteiger partial charge in [0, 0.05) is 29.9 Å². The van der Waals surface area contributed by atoms with Crippen molar-refractivity contribution in [3.05, 3.63) is 102 Å². The van der Waals surface area contributed by atoms with Crippen molar-refractivity contribution in [3.63, 3.8) is 0 Å². The fraction of sp³-hybridized carbons (Fsp3) is 0.364. The Morgan fingerprint density at radius 2 is 1.32 bits per heavy atom. The van der Waals surface area contributed by atoms with Gasteiger partial charge in [-0.1, -0.05) is 60.7 Å². The van der Waals surface area contributed by atoms with Crippen LogP contribution in [0.4, 0.5) is 0 Å². The van der Waals surface area contributed by atoms with Gasteiger partial charge in [0.2, 0.25) is 41.4 Å². The van der Waals surface area contributed by atoms with Crippen molar-refractivity contribution in [2.45, 2.75) is 81.4 Å². The minimum absolute atomic E-state index is 0.0176. The largest absolute Gasteiger partial charge is 0.481 e. The second-order valence-corrected chi connectivity index (χ2v) is 17.8. The van der Waals surface area contributed by atoms with Gasteiger partial charge in [-0.3, -0.25) is 42.9 Å². The molecule has 4 aromatic rings. The van der Waals surface area contributed by atoms with Gasteiger partial charge in [0.15, 0.2) is 0 Å². The smallest absolute Gasteiger partial charge is 0.446 e. The summed E-state index contributed by atoms with van der Waals surface area (Å²) in [5.41, 5.74) is 14.0. The van der Waals surface area contributed by atoms with Crippen LogP contribution in [0, 0.1) is 0 Å². The number of thioether (sulfide) groups is 1. The Balaban J connectivity index is 1.47. The highest BCUT2D eigenvalue weighted by Crippen LogP contribution is 2.20. The Bertz CT molecular complexity index is 2560. The van der Waals surface area contributed by atoms with Gasteiger partial charge < -0.3 is 62.7 Å². The molecule has 7 amide bonds. The lowest BCUT2D eigenvalue weighted by Gasteiger charge is -2.26. The van der Waals surface area contributed by atoms with Crippen LogP contribution in [-0.4, -0.2) is 136 Å². The Kier molecular flexibility index (Phi) is 20.5. The summed E-state index contributed by atoms with van der Waals surface area (Å²) in [6.45, 7) is 0.438. The van der Waals surface area contributed by atoms with Gasteiger partial charge in [0.05, 0.1) is 25.1 Å². The first-order valence-electron chi connectivity index (χ1n) is 21.2. The van der Waals surface area contributed by atoms with Crippen LogP contribution in [0.15, 0.2) is 85.1 Å². The zero-order chi connectivity index (χ0) is 50.8. The minimum Gasteiger partial charge on any atom is -0.481 e. The molecule has 0 aliphatic carbocycles. The van der Waals surface area contributed by atoms with E-state index in [0.29, 0.717) is 33.3 Å². The number of carboxylic acids is 1. The van der Waals surface area contributed by atoms with Gasteiger partial charge in [-0.25, -0.2) is 0 Å². The number of hydrogen-bond acceptors (Lipinski definition) is 14. The first-order chi connectivity index (χ1) is 32.6. The Morgan fingerprint density at radius 1 is 0.725 bits per heavy atom. The summed E-state index contributed by atoms with van der Waals surface area (Å²) in [5.74, 6) is -7.90. The van der Waals surface area contributed by atoms with Crippen molar-refractivity contribution in [1.82, 2.24) is 36.9 Å². The lowest BCUT2D eigenvalue weighted by molar-refractivity contribution is -0.141. The molecule has 372 valence electrons. The number of benzene rings is 3. The van der Waals surface area contributed by atoms with E-state index < -0.39 is 113 Å². The maximum Gasteiger partial charge on any atom is 0.446 e. The van der Waals surface area contributed by atoms with Crippen molar-refractivity contribution in [2.24, 2.45) is 11.5 Å². The molecule has 0 aliphatic rings. The quantitative estimate of drug-likeness (QED) is 0.0298. The molecule has 0 fully saturated rings. The van der Waals surface area contributed by atoms with E-state index in [0.717, 1.165) is 0 Å². The van der Waals surface area contributed by atoms with Crippen LogP contribution in [0.25, 0.3) is 10.9 Å². The first kappa shape index (κ1) is 54.5. The summed E-state index contributed by atoms with van der Waals surface area (Å²) >= 11 is 1.32. The van der Waals surface area contributed by atoms with Crippen molar-refractivity contribution >= 4 is 80.4 Å². The third-order valence-electron chi connectivity index (χ3n) is 10.4. The summed E-state index contributed by atoms with van der Waals surface area (Å²) in [4.78, 5) is 109. The molecule has 7 unspecified atom stereocenters. The van der Waals surface area contributed by atoms with E-state index in [9.17, 15) is 57.0 Å². The van der Waals surface area contributed by atoms with E-state index in [1.165, 1.54) is 43.0 Å². The molecule has 0 saturated heterocycles. The van der Waals surface area contributed by atoms with Gasteiger partial charge >= 0.3 is 16.4 Å². The van der Waals surface area contributed by atoms with E-state index >= 15 is 0 Å². The number of primary amides is 1. The monoisotopic (exact) mass is 997 g/mol. The highest BCUT2D eigenvalue weighted by Gasteiger charge is 2.33. The van der Waals surface area contributed by atoms with Crippen LogP contribution in [0.1, 0.15) is 36.5 Å². The standard InChI is InChI=1S/C44H55N9O14S2/c1-24(54)38(53-40(59)30(45)18-26-12-14-28(15-13-26)67-69(64,65)66)44(63)48-23-36(55)49-34(20-27-22-47-31-11-7-6-10-29(27)31)42(61)50-32(16-17-68-2)41(60)52-35(21-37(56)57)43(62)51-33(39(46)58)19-25-8-4-3-5-9-25/h3-15,22,24,30,32-35,38,47,54H,16-21,23,45H2,1-2H3,(H2,46,58)(H,48,63)(H,49,55)(H,50,61)(H,51,62)(H,52,60)(H,53,59)(H,56,57)(H,64,65,66). The molecule has 0 bridgehead atoms. The zero-order valence-electron chi connectivity index (χ0n) is 37.4. The second kappa shape index (κ2) is 25.9. The summed E-state index contributed by atoms with van der Waals surface area (Å²) in [6, 6.07) is 12.2. The summed E-state index contributed by atoms with van der Waals surface area (Å²) in [7, 11) is -4.77. The minimum atomic E-state index is -4.77. The summed E-state index contributed by atoms with van der Waals surface area (Å²) in [5, 5.41) is 35.4. The number of amides is 7. The number of rotatable bonds is 27. The Morgan fingerprint density at radius 3 is 1.94 bits per heavy atom. The van der Waals surface area contributed by atoms with Gasteiger partial charge in [0.25, 0.3) is 0 Å². The van der Waals surface area contributed by atoms with Crippen LogP contribution < -0.4 is 47.6 Å².